The van der Waals surface area contributed by atoms with E-state index in [1.807, 2.05) is 36.7 Å². The fourth-order valence-electron chi connectivity index (χ4n) is 3.76. The first-order valence-corrected chi connectivity index (χ1v) is 10.4. The van der Waals surface area contributed by atoms with Crippen molar-refractivity contribution in [2.75, 3.05) is 14.2 Å². The lowest BCUT2D eigenvalue weighted by atomic mass is 10.0. The number of imidazole rings is 1. The van der Waals surface area contributed by atoms with Crippen LogP contribution in [-0.2, 0) is 18.4 Å². The highest BCUT2D eigenvalue weighted by molar-refractivity contribution is 5.81. The average Bonchev–Trinajstić information content (AvgIpc) is 3.24. The van der Waals surface area contributed by atoms with Gasteiger partial charge in [0.25, 0.3) is 5.56 Å². The third-order valence-electron chi connectivity index (χ3n) is 5.50. The van der Waals surface area contributed by atoms with Crippen molar-refractivity contribution in [1.29, 1.82) is 0 Å². The molecule has 2 aromatic heterocycles. The summed E-state index contributed by atoms with van der Waals surface area (Å²) in [6.45, 7) is 1.71. The molecule has 0 spiro atoms. The van der Waals surface area contributed by atoms with E-state index in [1.54, 1.807) is 44.8 Å². The van der Waals surface area contributed by atoms with Crippen molar-refractivity contribution in [3.05, 3.63) is 82.4 Å². The maximum atomic E-state index is 13.1. The molecule has 0 aliphatic rings. The minimum absolute atomic E-state index is 0.183. The summed E-state index contributed by atoms with van der Waals surface area (Å²) in [6.07, 6.45) is 4.86. The predicted octanol–water partition coefficient (Wildman–Crippen LogP) is 2.36. The van der Waals surface area contributed by atoms with E-state index in [4.69, 9.17) is 9.47 Å². The van der Waals surface area contributed by atoms with Crippen LogP contribution in [0, 0.1) is 6.92 Å². The number of nitrogens with zero attached hydrogens (tertiary/aromatic N) is 4. The molecule has 2 heterocycles. The normalized spacial score (nSPS) is 11.9. The number of rotatable bonds is 7. The lowest BCUT2D eigenvalue weighted by Gasteiger charge is -2.21. The zero-order valence-corrected chi connectivity index (χ0v) is 18.9. The molecule has 0 aliphatic heterocycles. The molecule has 1 atom stereocenters. The third kappa shape index (κ3) is 4.43. The number of carbonyl (C=O) groups is 1. The van der Waals surface area contributed by atoms with Gasteiger partial charge in [0.2, 0.25) is 5.91 Å². The van der Waals surface area contributed by atoms with E-state index in [0.29, 0.717) is 28.2 Å². The first-order valence-electron chi connectivity index (χ1n) is 10.4. The van der Waals surface area contributed by atoms with Crippen LogP contribution < -0.4 is 20.3 Å². The van der Waals surface area contributed by atoms with Gasteiger partial charge in [-0.05, 0) is 36.2 Å². The molecule has 1 unspecified atom stereocenters. The average molecular weight is 447 g/mol. The predicted molar refractivity (Wildman–Crippen MR) is 123 cm³/mol. The lowest BCUT2D eigenvalue weighted by molar-refractivity contribution is -0.122. The Morgan fingerprint density at radius 1 is 1.12 bits per heavy atom. The Kier molecular flexibility index (Phi) is 6.12. The van der Waals surface area contributed by atoms with Crippen molar-refractivity contribution in [2.45, 2.75) is 19.5 Å². The van der Waals surface area contributed by atoms with E-state index in [9.17, 15) is 9.59 Å². The van der Waals surface area contributed by atoms with Gasteiger partial charge < -0.3 is 19.4 Å². The van der Waals surface area contributed by atoms with Crippen LogP contribution in [0.25, 0.3) is 10.9 Å². The summed E-state index contributed by atoms with van der Waals surface area (Å²) >= 11 is 0. The van der Waals surface area contributed by atoms with Gasteiger partial charge in [-0.1, -0.05) is 12.1 Å². The van der Waals surface area contributed by atoms with Crippen LogP contribution in [0.3, 0.4) is 0 Å². The number of amides is 1. The summed E-state index contributed by atoms with van der Waals surface area (Å²) in [4.78, 5) is 34.8. The van der Waals surface area contributed by atoms with E-state index in [2.05, 4.69) is 15.3 Å². The van der Waals surface area contributed by atoms with Crippen LogP contribution in [0.2, 0.25) is 0 Å². The summed E-state index contributed by atoms with van der Waals surface area (Å²) in [5.41, 5.74) is 2.00. The van der Waals surface area contributed by atoms with Gasteiger partial charge in [-0.3, -0.25) is 14.2 Å². The van der Waals surface area contributed by atoms with Gasteiger partial charge in [-0.15, -0.1) is 0 Å². The van der Waals surface area contributed by atoms with Gasteiger partial charge in [-0.2, -0.15) is 0 Å². The molecule has 2 aromatic carbocycles. The summed E-state index contributed by atoms with van der Waals surface area (Å²) in [6, 6.07) is 10.2. The molecule has 170 valence electrons. The van der Waals surface area contributed by atoms with E-state index in [0.717, 1.165) is 11.1 Å². The van der Waals surface area contributed by atoms with E-state index in [1.165, 1.54) is 10.9 Å². The SMILES string of the molecule is COc1cc(OC)cc(C(NC(=O)Cn2cnc3c(C)cccc3c2=O)c2nccn2C)c1. The van der Waals surface area contributed by atoms with Crippen molar-refractivity contribution in [3.8, 4) is 11.5 Å². The number of ether oxygens (including phenoxy) is 2. The zero-order chi connectivity index (χ0) is 23.5. The third-order valence-corrected chi connectivity index (χ3v) is 5.50. The number of nitrogens with one attached hydrogen (secondary N) is 1. The number of fused-ring (bicyclic) bond motifs is 1. The van der Waals surface area contributed by atoms with E-state index >= 15 is 0 Å². The Bertz CT molecular complexity index is 1350. The van der Waals surface area contributed by atoms with Gasteiger partial charge in [-0.25, -0.2) is 9.97 Å². The molecule has 0 saturated heterocycles. The number of methoxy groups -OCH3 is 2. The molecule has 9 heteroatoms. The Hall–Kier alpha value is -4.14. The molecule has 0 bridgehead atoms. The zero-order valence-electron chi connectivity index (χ0n) is 18.9. The monoisotopic (exact) mass is 447 g/mol. The number of carbonyl (C=O) groups excluding carboxylic acids is 1. The van der Waals surface area contributed by atoms with E-state index in [-0.39, 0.29) is 18.0 Å². The van der Waals surface area contributed by atoms with Crippen molar-refractivity contribution < 1.29 is 14.3 Å². The largest absolute Gasteiger partial charge is 0.497 e. The molecule has 0 saturated carbocycles. The summed E-state index contributed by atoms with van der Waals surface area (Å²) in [5.74, 6) is 1.44. The maximum Gasteiger partial charge on any atom is 0.261 e. The quantitative estimate of drug-likeness (QED) is 0.467. The molecular formula is C24H25N5O4. The van der Waals surface area contributed by atoms with Crippen LogP contribution in [0.1, 0.15) is 23.0 Å². The second kappa shape index (κ2) is 9.15. The molecular weight excluding hydrogens is 422 g/mol. The number of benzene rings is 2. The highest BCUT2D eigenvalue weighted by Crippen LogP contribution is 2.29. The summed E-state index contributed by atoms with van der Waals surface area (Å²) < 4.78 is 13.9. The number of para-hydroxylation sites is 1. The summed E-state index contributed by atoms with van der Waals surface area (Å²) in [7, 11) is 4.97. The Morgan fingerprint density at radius 2 is 1.85 bits per heavy atom. The minimum Gasteiger partial charge on any atom is -0.497 e. The molecule has 1 amide bonds. The van der Waals surface area contributed by atoms with Crippen molar-refractivity contribution in [3.63, 3.8) is 0 Å². The molecule has 0 aliphatic carbocycles. The van der Waals surface area contributed by atoms with Crippen LogP contribution in [0.15, 0.2) is 59.9 Å². The summed E-state index contributed by atoms with van der Waals surface area (Å²) in [5, 5.41) is 3.47. The number of aryl methyl sites for hydroxylation is 2. The fourth-order valence-corrected chi connectivity index (χ4v) is 3.76. The first-order chi connectivity index (χ1) is 15.9. The Labute approximate surface area is 190 Å². The van der Waals surface area contributed by atoms with Gasteiger partial charge in [0.1, 0.15) is 29.9 Å². The van der Waals surface area contributed by atoms with Crippen LogP contribution in [-0.4, -0.2) is 39.2 Å². The number of aromatic nitrogens is 4. The topological polar surface area (TPSA) is 100 Å². The second-order valence-corrected chi connectivity index (χ2v) is 7.69. The standard InChI is InChI=1S/C24H25N5O4/c1-15-6-5-7-19-21(15)26-14-29(24(19)31)13-20(30)27-22(23-25-8-9-28(23)2)16-10-17(32-3)12-18(11-16)33-4/h5-12,14,22H,13H2,1-4H3,(H,27,30). The molecule has 1 N–H and O–H groups in total. The van der Waals surface area contributed by atoms with Gasteiger partial charge >= 0.3 is 0 Å². The number of hydrogen-bond acceptors (Lipinski definition) is 6. The van der Waals surface area contributed by atoms with Gasteiger partial charge in [0, 0.05) is 25.5 Å². The lowest BCUT2D eigenvalue weighted by Crippen LogP contribution is -2.36. The number of hydrogen-bond donors (Lipinski definition) is 1. The maximum absolute atomic E-state index is 13.1. The molecule has 9 nitrogen and oxygen atoms in total. The first kappa shape index (κ1) is 22.1. The van der Waals surface area contributed by atoms with Gasteiger partial charge in [0.05, 0.1) is 31.4 Å². The van der Waals surface area contributed by atoms with Crippen LogP contribution in [0.5, 0.6) is 11.5 Å². The van der Waals surface area contributed by atoms with Crippen LogP contribution in [0.4, 0.5) is 0 Å². The van der Waals surface area contributed by atoms with Crippen molar-refractivity contribution in [2.24, 2.45) is 7.05 Å². The molecule has 4 aromatic rings. The second-order valence-electron chi connectivity index (χ2n) is 7.69. The minimum atomic E-state index is -0.590. The molecule has 0 fully saturated rings. The highest BCUT2D eigenvalue weighted by atomic mass is 16.5. The van der Waals surface area contributed by atoms with Crippen molar-refractivity contribution >= 4 is 16.8 Å². The van der Waals surface area contributed by atoms with Crippen molar-refractivity contribution in [1.82, 2.24) is 24.4 Å². The van der Waals surface area contributed by atoms with E-state index < -0.39 is 6.04 Å². The van der Waals surface area contributed by atoms with Gasteiger partial charge in [0.15, 0.2) is 0 Å². The molecule has 4 rings (SSSR count). The molecule has 0 radical (unpaired) electrons. The van der Waals surface area contributed by atoms with Crippen LogP contribution >= 0.6 is 0 Å². The highest BCUT2D eigenvalue weighted by Gasteiger charge is 2.23. The Morgan fingerprint density at radius 3 is 2.48 bits per heavy atom. The fraction of sp³-hybridized carbons (Fsp3) is 0.250. The Balaban J connectivity index is 1.67. The smallest absolute Gasteiger partial charge is 0.261 e. The molecule has 33 heavy (non-hydrogen) atoms.